The van der Waals surface area contributed by atoms with E-state index in [2.05, 4.69) is 5.32 Å². The zero-order valence-corrected chi connectivity index (χ0v) is 11.0. The van der Waals surface area contributed by atoms with E-state index in [1.807, 2.05) is 0 Å². The Morgan fingerprint density at radius 1 is 1.25 bits per heavy atom. The van der Waals surface area contributed by atoms with Gasteiger partial charge >= 0.3 is 0 Å². The Kier molecular flexibility index (Phi) is 4.54. The molecule has 1 amide bonds. The lowest BCUT2D eigenvalue weighted by Crippen LogP contribution is -2.36. The summed E-state index contributed by atoms with van der Waals surface area (Å²) in [5.74, 6) is -3.18. The number of phenols is 1. The van der Waals surface area contributed by atoms with E-state index in [-0.39, 0.29) is 17.9 Å². The van der Waals surface area contributed by atoms with Crippen LogP contribution in [0.2, 0.25) is 0 Å². The van der Waals surface area contributed by atoms with Crippen molar-refractivity contribution in [2.24, 2.45) is 11.7 Å². The van der Waals surface area contributed by atoms with Crippen molar-refractivity contribution in [3.05, 3.63) is 29.3 Å². The van der Waals surface area contributed by atoms with Crippen LogP contribution in [-0.2, 0) is 11.3 Å². The van der Waals surface area contributed by atoms with Gasteiger partial charge in [-0.15, -0.1) is 0 Å². The van der Waals surface area contributed by atoms with Crippen molar-refractivity contribution in [1.82, 2.24) is 5.32 Å². The van der Waals surface area contributed by atoms with E-state index >= 15 is 0 Å². The average Bonchev–Trinajstić information content (AvgIpc) is 2.42. The fourth-order valence-corrected chi connectivity index (χ4v) is 2.56. The predicted octanol–water partition coefficient (Wildman–Crippen LogP) is 1.80. The van der Waals surface area contributed by atoms with E-state index < -0.39 is 17.4 Å². The highest BCUT2D eigenvalue weighted by Crippen LogP contribution is 2.25. The summed E-state index contributed by atoms with van der Waals surface area (Å²) < 4.78 is 26.4. The molecule has 1 aliphatic carbocycles. The minimum atomic E-state index is -0.959. The average molecular weight is 284 g/mol. The molecule has 0 aliphatic heterocycles. The molecule has 2 rings (SSSR count). The molecule has 0 bridgehead atoms. The SMILES string of the molecule is NC(=O)C1CCC(NCc2cc(F)c(O)c(F)c2)CC1. The van der Waals surface area contributed by atoms with Gasteiger partial charge in [0.25, 0.3) is 0 Å². The molecule has 4 nitrogen and oxygen atoms in total. The maximum atomic E-state index is 13.2. The number of nitrogens with one attached hydrogen (secondary N) is 1. The van der Waals surface area contributed by atoms with Gasteiger partial charge in [-0.05, 0) is 43.4 Å². The van der Waals surface area contributed by atoms with E-state index in [0.29, 0.717) is 12.1 Å². The van der Waals surface area contributed by atoms with Crippen LogP contribution in [-0.4, -0.2) is 17.1 Å². The maximum absolute atomic E-state index is 13.2. The molecule has 0 spiro atoms. The molecule has 110 valence electrons. The van der Waals surface area contributed by atoms with E-state index in [1.165, 1.54) is 0 Å². The lowest BCUT2D eigenvalue weighted by atomic mass is 9.85. The Morgan fingerprint density at radius 3 is 2.30 bits per heavy atom. The van der Waals surface area contributed by atoms with Gasteiger partial charge in [-0.3, -0.25) is 4.79 Å². The normalized spacial score (nSPS) is 22.7. The van der Waals surface area contributed by atoms with E-state index in [9.17, 15) is 13.6 Å². The summed E-state index contributed by atoms with van der Waals surface area (Å²) >= 11 is 0. The van der Waals surface area contributed by atoms with Crippen LogP contribution in [0.1, 0.15) is 31.2 Å². The van der Waals surface area contributed by atoms with Crippen LogP contribution >= 0.6 is 0 Å². The second kappa shape index (κ2) is 6.17. The number of amides is 1. The number of aromatic hydroxyl groups is 1. The molecule has 1 aromatic rings. The minimum absolute atomic E-state index is 0.0587. The van der Waals surface area contributed by atoms with Crippen molar-refractivity contribution >= 4 is 5.91 Å². The molecule has 0 radical (unpaired) electrons. The van der Waals surface area contributed by atoms with Crippen molar-refractivity contribution < 1.29 is 18.7 Å². The number of phenolic OH excluding ortho intramolecular Hbond substituents is 1. The van der Waals surface area contributed by atoms with E-state index in [1.54, 1.807) is 0 Å². The zero-order chi connectivity index (χ0) is 14.7. The number of primary amides is 1. The first-order valence-corrected chi connectivity index (χ1v) is 6.67. The van der Waals surface area contributed by atoms with Crippen molar-refractivity contribution in [2.45, 2.75) is 38.3 Å². The number of carbonyl (C=O) groups excluding carboxylic acids is 1. The van der Waals surface area contributed by atoms with Crippen LogP contribution in [0.4, 0.5) is 8.78 Å². The second-order valence-electron chi connectivity index (χ2n) is 5.24. The fourth-order valence-electron chi connectivity index (χ4n) is 2.56. The van der Waals surface area contributed by atoms with Gasteiger partial charge in [-0.2, -0.15) is 0 Å². The number of halogens is 2. The van der Waals surface area contributed by atoms with Gasteiger partial charge in [0, 0.05) is 18.5 Å². The van der Waals surface area contributed by atoms with Crippen LogP contribution < -0.4 is 11.1 Å². The molecule has 0 unspecified atom stereocenters. The van der Waals surface area contributed by atoms with Crippen LogP contribution in [0.5, 0.6) is 5.75 Å². The molecule has 20 heavy (non-hydrogen) atoms. The van der Waals surface area contributed by atoms with E-state index in [0.717, 1.165) is 37.8 Å². The third kappa shape index (κ3) is 3.45. The van der Waals surface area contributed by atoms with Gasteiger partial charge < -0.3 is 16.2 Å². The number of hydrogen-bond donors (Lipinski definition) is 3. The number of nitrogens with two attached hydrogens (primary N) is 1. The molecule has 0 heterocycles. The summed E-state index contributed by atoms with van der Waals surface area (Å²) in [6.07, 6.45) is 3.11. The van der Waals surface area contributed by atoms with Crippen molar-refractivity contribution in [3.8, 4) is 5.75 Å². The molecule has 1 aliphatic rings. The van der Waals surface area contributed by atoms with Crippen molar-refractivity contribution in [2.75, 3.05) is 0 Å². The third-order valence-corrected chi connectivity index (χ3v) is 3.80. The van der Waals surface area contributed by atoms with E-state index in [4.69, 9.17) is 10.8 Å². The Balaban J connectivity index is 1.86. The second-order valence-corrected chi connectivity index (χ2v) is 5.24. The molecule has 6 heteroatoms. The van der Waals surface area contributed by atoms with Crippen LogP contribution in [0.3, 0.4) is 0 Å². The quantitative estimate of drug-likeness (QED) is 0.789. The summed E-state index contributed by atoms with van der Waals surface area (Å²) in [4.78, 5) is 11.0. The lowest BCUT2D eigenvalue weighted by molar-refractivity contribution is -0.122. The molecule has 4 N–H and O–H groups in total. The number of benzene rings is 1. The molecule has 1 fully saturated rings. The Hall–Kier alpha value is -1.69. The van der Waals surface area contributed by atoms with Gasteiger partial charge in [0.15, 0.2) is 17.4 Å². The maximum Gasteiger partial charge on any atom is 0.220 e. The molecule has 1 saturated carbocycles. The standard InChI is InChI=1S/C14H18F2N2O2/c15-11-5-8(6-12(16)13(11)19)7-18-10-3-1-9(2-4-10)14(17)20/h5-6,9-10,18-19H,1-4,7H2,(H2,17,20). The molecular formula is C14H18F2N2O2. The Labute approximate surface area is 116 Å². The lowest BCUT2D eigenvalue weighted by Gasteiger charge is -2.27. The number of rotatable bonds is 4. The smallest absolute Gasteiger partial charge is 0.220 e. The van der Waals surface area contributed by atoms with Gasteiger partial charge in [0.2, 0.25) is 5.91 Å². The van der Waals surface area contributed by atoms with Gasteiger partial charge in [0.05, 0.1) is 0 Å². The van der Waals surface area contributed by atoms with Crippen LogP contribution in [0.25, 0.3) is 0 Å². The largest absolute Gasteiger partial charge is 0.503 e. The van der Waals surface area contributed by atoms with Crippen LogP contribution in [0.15, 0.2) is 12.1 Å². The first-order chi connectivity index (χ1) is 9.47. The highest BCUT2D eigenvalue weighted by atomic mass is 19.1. The molecule has 1 aromatic carbocycles. The number of carbonyl (C=O) groups is 1. The Bertz CT molecular complexity index is 477. The summed E-state index contributed by atoms with van der Waals surface area (Å²) in [6, 6.07) is 2.44. The first-order valence-electron chi connectivity index (χ1n) is 6.67. The van der Waals surface area contributed by atoms with Gasteiger partial charge in [-0.1, -0.05) is 0 Å². The molecule has 0 aromatic heterocycles. The Morgan fingerprint density at radius 2 is 1.80 bits per heavy atom. The molecule has 0 atom stereocenters. The monoisotopic (exact) mass is 284 g/mol. The highest BCUT2D eigenvalue weighted by molar-refractivity contribution is 5.76. The molecular weight excluding hydrogens is 266 g/mol. The van der Waals surface area contributed by atoms with Gasteiger partial charge in [-0.25, -0.2) is 8.78 Å². The van der Waals surface area contributed by atoms with Crippen LogP contribution in [0, 0.1) is 17.6 Å². The summed E-state index contributed by atoms with van der Waals surface area (Å²) in [5, 5.41) is 12.2. The van der Waals surface area contributed by atoms with Crippen molar-refractivity contribution in [1.29, 1.82) is 0 Å². The number of hydrogen-bond acceptors (Lipinski definition) is 3. The zero-order valence-electron chi connectivity index (χ0n) is 11.0. The summed E-state index contributed by atoms with van der Waals surface area (Å²) in [7, 11) is 0. The third-order valence-electron chi connectivity index (χ3n) is 3.80. The topological polar surface area (TPSA) is 75.4 Å². The first kappa shape index (κ1) is 14.7. The summed E-state index contributed by atoms with van der Waals surface area (Å²) in [5.41, 5.74) is 5.70. The summed E-state index contributed by atoms with van der Waals surface area (Å²) in [6.45, 7) is 0.319. The fraction of sp³-hybridized carbons (Fsp3) is 0.500. The minimum Gasteiger partial charge on any atom is -0.503 e. The highest BCUT2D eigenvalue weighted by Gasteiger charge is 2.24. The molecule has 0 saturated heterocycles. The van der Waals surface area contributed by atoms with Crippen molar-refractivity contribution in [3.63, 3.8) is 0 Å². The van der Waals surface area contributed by atoms with Gasteiger partial charge in [0.1, 0.15) is 0 Å². The predicted molar refractivity (Wildman–Crippen MR) is 69.8 cm³/mol.